The molecule has 0 aliphatic carbocycles. The van der Waals surface area contributed by atoms with Gasteiger partial charge in [0.1, 0.15) is 21.6 Å². The summed E-state index contributed by atoms with van der Waals surface area (Å²) in [4.78, 5) is 16.4. The molecule has 0 spiro atoms. The van der Waals surface area contributed by atoms with Crippen molar-refractivity contribution in [3.8, 4) is 16.6 Å². The fraction of sp³-hybridized carbons (Fsp3) is 0.267. The van der Waals surface area contributed by atoms with Crippen LogP contribution in [0, 0.1) is 11.3 Å². The number of aromatic nitrogens is 1. The molecule has 1 heterocycles. The smallest absolute Gasteiger partial charge is 0.413 e. The monoisotopic (exact) mass is 301 g/mol. The number of hydrogen-bond donors (Lipinski definition) is 1. The van der Waals surface area contributed by atoms with Gasteiger partial charge in [-0.15, -0.1) is 11.3 Å². The number of ether oxygens (including phenoxy) is 1. The quantitative estimate of drug-likeness (QED) is 0.908. The minimum absolute atomic E-state index is 0.232. The van der Waals surface area contributed by atoms with Crippen molar-refractivity contribution in [1.82, 2.24) is 4.98 Å². The molecule has 0 unspecified atom stereocenters. The van der Waals surface area contributed by atoms with Crippen molar-refractivity contribution < 1.29 is 9.53 Å². The average molecular weight is 301 g/mol. The van der Waals surface area contributed by atoms with Crippen LogP contribution in [0.1, 0.15) is 25.6 Å². The zero-order valence-corrected chi connectivity index (χ0v) is 12.8. The number of thiazole rings is 1. The summed E-state index contributed by atoms with van der Waals surface area (Å²) in [5.74, 6) is 0.232. The third-order valence-corrected chi connectivity index (χ3v) is 3.38. The van der Waals surface area contributed by atoms with E-state index in [9.17, 15) is 4.79 Å². The Labute approximate surface area is 127 Å². The Morgan fingerprint density at radius 2 is 2.00 bits per heavy atom. The maximum absolute atomic E-state index is 11.8. The standard InChI is InChI=1S/C15H15N3O2S/c1-15(2,3)20-14(19)18-12-11(9-16)21-13(17-12)10-7-5-4-6-8-10/h4-8H,1-3H3,(H,18,19). The molecular formula is C15H15N3O2S. The van der Waals surface area contributed by atoms with Gasteiger partial charge in [-0.1, -0.05) is 30.3 Å². The summed E-state index contributed by atoms with van der Waals surface area (Å²) in [6, 6.07) is 11.5. The molecular weight excluding hydrogens is 286 g/mol. The second kappa shape index (κ2) is 5.94. The molecule has 0 atom stereocenters. The molecule has 0 fully saturated rings. The number of hydrogen-bond acceptors (Lipinski definition) is 5. The number of carbonyl (C=O) groups is 1. The van der Waals surface area contributed by atoms with Gasteiger partial charge in [-0.05, 0) is 20.8 Å². The summed E-state index contributed by atoms with van der Waals surface area (Å²) in [7, 11) is 0. The van der Waals surface area contributed by atoms with Crippen LogP contribution >= 0.6 is 11.3 Å². The van der Waals surface area contributed by atoms with E-state index in [1.54, 1.807) is 20.8 Å². The van der Waals surface area contributed by atoms with E-state index in [4.69, 9.17) is 10.00 Å². The van der Waals surface area contributed by atoms with Crippen molar-refractivity contribution in [2.45, 2.75) is 26.4 Å². The second-order valence-electron chi connectivity index (χ2n) is 5.30. The maximum atomic E-state index is 11.8. The molecule has 2 aromatic rings. The summed E-state index contributed by atoms with van der Waals surface area (Å²) >= 11 is 1.23. The fourth-order valence-electron chi connectivity index (χ4n) is 1.59. The Morgan fingerprint density at radius 3 is 2.57 bits per heavy atom. The van der Waals surface area contributed by atoms with E-state index in [0.29, 0.717) is 9.88 Å². The molecule has 0 saturated carbocycles. The topological polar surface area (TPSA) is 75.0 Å². The van der Waals surface area contributed by atoms with Crippen molar-refractivity contribution in [1.29, 1.82) is 5.26 Å². The van der Waals surface area contributed by atoms with Gasteiger partial charge in [0.2, 0.25) is 0 Å². The number of anilines is 1. The molecule has 2 rings (SSSR count). The van der Waals surface area contributed by atoms with Crippen LogP contribution in [0.4, 0.5) is 10.6 Å². The van der Waals surface area contributed by atoms with Crippen LogP contribution in [0.2, 0.25) is 0 Å². The van der Waals surface area contributed by atoms with Gasteiger partial charge in [0.05, 0.1) is 0 Å². The number of nitrogens with zero attached hydrogens (tertiary/aromatic N) is 2. The number of amides is 1. The zero-order chi connectivity index (χ0) is 15.5. The lowest BCUT2D eigenvalue weighted by molar-refractivity contribution is 0.0635. The molecule has 0 aliphatic rings. The lowest BCUT2D eigenvalue weighted by Gasteiger charge is -2.19. The highest BCUT2D eigenvalue weighted by atomic mass is 32.1. The Bertz CT molecular complexity index is 681. The summed E-state index contributed by atoms with van der Waals surface area (Å²) < 4.78 is 5.16. The van der Waals surface area contributed by atoms with Crippen molar-refractivity contribution in [3.63, 3.8) is 0 Å². The second-order valence-corrected chi connectivity index (χ2v) is 6.30. The highest BCUT2D eigenvalue weighted by Crippen LogP contribution is 2.30. The Hall–Kier alpha value is -2.39. The third-order valence-electron chi connectivity index (χ3n) is 2.37. The van der Waals surface area contributed by atoms with E-state index in [2.05, 4.69) is 10.3 Å². The zero-order valence-electron chi connectivity index (χ0n) is 12.0. The van der Waals surface area contributed by atoms with Crippen molar-refractivity contribution in [2.75, 3.05) is 5.32 Å². The van der Waals surface area contributed by atoms with Gasteiger partial charge in [0.25, 0.3) is 0 Å². The average Bonchev–Trinajstić information content (AvgIpc) is 2.80. The minimum atomic E-state index is -0.621. The lowest BCUT2D eigenvalue weighted by Crippen LogP contribution is -2.27. The molecule has 1 aromatic carbocycles. The predicted molar refractivity (Wildman–Crippen MR) is 82.1 cm³/mol. The Kier molecular flexibility index (Phi) is 4.24. The summed E-state index contributed by atoms with van der Waals surface area (Å²) in [5.41, 5.74) is 0.297. The van der Waals surface area contributed by atoms with Crippen molar-refractivity contribution in [3.05, 3.63) is 35.2 Å². The van der Waals surface area contributed by atoms with Crippen LogP contribution in [0.5, 0.6) is 0 Å². The summed E-state index contributed by atoms with van der Waals surface area (Å²) in [6.07, 6.45) is -0.621. The molecule has 0 bridgehead atoms. The molecule has 21 heavy (non-hydrogen) atoms. The Morgan fingerprint density at radius 1 is 1.33 bits per heavy atom. The minimum Gasteiger partial charge on any atom is -0.444 e. The summed E-state index contributed by atoms with van der Waals surface area (Å²) in [5, 5.41) is 12.4. The summed E-state index contributed by atoms with van der Waals surface area (Å²) in [6.45, 7) is 5.32. The fourth-order valence-corrected chi connectivity index (χ4v) is 2.41. The first-order valence-corrected chi connectivity index (χ1v) is 7.17. The van der Waals surface area contributed by atoms with Gasteiger partial charge in [-0.3, -0.25) is 5.32 Å². The van der Waals surface area contributed by atoms with Gasteiger partial charge >= 0.3 is 6.09 Å². The molecule has 1 aromatic heterocycles. The molecule has 0 saturated heterocycles. The van der Waals surface area contributed by atoms with Gasteiger partial charge in [-0.2, -0.15) is 5.26 Å². The number of nitrogens with one attached hydrogen (secondary N) is 1. The van der Waals surface area contributed by atoms with Crippen LogP contribution in [0.15, 0.2) is 30.3 Å². The predicted octanol–water partition coefficient (Wildman–Crippen LogP) is 4.03. The van der Waals surface area contributed by atoms with E-state index < -0.39 is 11.7 Å². The van der Waals surface area contributed by atoms with Crippen LogP contribution in [0.3, 0.4) is 0 Å². The molecule has 6 heteroatoms. The molecule has 1 amide bonds. The number of benzene rings is 1. The van der Waals surface area contributed by atoms with E-state index in [-0.39, 0.29) is 5.82 Å². The van der Waals surface area contributed by atoms with Gasteiger partial charge in [0.15, 0.2) is 5.82 Å². The first kappa shape index (κ1) is 15.0. The normalized spacial score (nSPS) is 10.8. The maximum Gasteiger partial charge on any atom is 0.413 e. The van der Waals surface area contributed by atoms with Crippen LogP contribution < -0.4 is 5.32 Å². The SMILES string of the molecule is CC(C)(C)OC(=O)Nc1nc(-c2ccccc2)sc1C#N. The van der Waals surface area contributed by atoms with E-state index in [0.717, 1.165) is 5.56 Å². The van der Waals surface area contributed by atoms with E-state index >= 15 is 0 Å². The van der Waals surface area contributed by atoms with Gasteiger partial charge in [-0.25, -0.2) is 9.78 Å². The number of carbonyl (C=O) groups excluding carboxylic acids is 1. The molecule has 5 nitrogen and oxygen atoms in total. The van der Waals surface area contributed by atoms with Crippen molar-refractivity contribution >= 4 is 23.2 Å². The number of nitriles is 1. The highest BCUT2D eigenvalue weighted by Gasteiger charge is 2.19. The van der Waals surface area contributed by atoms with E-state index in [1.807, 2.05) is 36.4 Å². The molecule has 1 N–H and O–H groups in total. The number of rotatable bonds is 2. The first-order chi connectivity index (χ1) is 9.89. The molecule has 0 radical (unpaired) electrons. The molecule has 108 valence electrons. The van der Waals surface area contributed by atoms with Crippen LogP contribution in [0.25, 0.3) is 10.6 Å². The lowest BCUT2D eigenvalue weighted by atomic mass is 10.2. The third kappa shape index (κ3) is 4.04. The van der Waals surface area contributed by atoms with Crippen LogP contribution in [-0.4, -0.2) is 16.7 Å². The van der Waals surface area contributed by atoms with Gasteiger partial charge in [0, 0.05) is 5.56 Å². The van der Waals surface area contributed by atoms with Crippen molar-refractivity contribution in [2.24, 2.45) is 0 Å². The largest absolute Gasteiger partial charge is 0.444 e. The highest BCUT2D eigenvalue weighted by molar-refractivity contribution is 7.16. The first-order valence-electron chi connectivity index (χ1n) is 6.35. The van der Waals surface area contributed by atoms with Crippen LogP contribution in [-0.2, 0) is 4.74 Å². The van der Waals surface area contributed by atoms with Gasteiger partial charge < -0.3 is 4.74 Å². The van der Waals surface area contributed by atoms with E-state index in [1.165, 1.54) is 11.3 Å². The Balaban J connectivity index is 2.23. The molecule has 0 aliphatic heterocycles.